The summed E-state index contributed by atoms with van der Waals surface area (Å²) in [5, 5.41) is 2.63. The van der Waals surface area contributed by atoms with Gasteiger partial charge in [-0.05, 0) is 35.0 Å². The van der Waals surface area contributed by atoms with Crippen molar-refractivity contribution in [1.29, 1.82) is 0 Å². The third-order valence-corrected chi connectivity index (χ3v) is 4.03. The van der Waals surface area contributed by atoms with E-state index < -0.39 is 10.8 Å². The Morgan fingerprint density at radius 3 is 2.94 bits per heavy atom. The Kier molecular flexibility index (Phi) is 5.08. The zero-order chi connectivity index (χ0) is 12.1. The van der Waals surface area contributed by atoms with Gasteiger partial charge in [-0.3, -0.25) is 9.00 Å². The average molecular weight is 305 g/mol. The van der Waals surface area contributed by atoms with E-state index in [-0.39, 0.29) is 11.2 Å². The fourth-order valence-corrected chi connectivity index (χ4v) is 1.74. The molecule has 0 bridgehead atoms. The van der Waals surface area contributed by atoms with E-state index in [9.17, 15) is 9.00 Å². The number of rotatable bonds is 4. The van der Waals surface area contributed by atoms with Crippen LogP contribution < -0.4 is 5.32 Å². The zero-order valence-corrected chi connectivity index (χ0v) is 11.5. The number of hydrogen-bond acceptors (Lipinski definition) is 3. The SMILES string of the molecule is C[C@@H](CNC(=O)c1ncccc1Br)[S@@](C)=O. The lowest BCUT2D eigenvalue weighted by Gasteiger charge is -2.10. The molecule has 0 spiro atoms. The first-order valence-electron chi connectivity index (χ1n) is 4.73. The predicted molar refractivity (Wildman–Crippen MR) is 67.8 cm³/mol. The molecule has 6 heteroatoms. The highest BCUT2D eigenvalue weighted by atomic mass is 79.9. The Morgan fingerprint density at radius 2 is 2.38 bits per heavy atom. The van der Waals surface area contributed by atoms with Crippen molar-refractivity contribution in [1.82, 2.24) is 10.3 Å². The van der Waals surface area contributed by atoms with E-state index in [1.165, 1.54) is 0 Å². The maximum absolute atomic E-state index is 11.7. The van der Waals surface area contributed by atoms with Gasteiger partial charge in [-0.25, -0.2) is 4.98 Å². The predicted octanol–water partition coefficient (Wildman–Crippen LogP) is 1.34. The van der Waals surface area contributed by atoms with E-state index in [1.807, 2.05) is 6.92 Å². The fourth-order valence-electron chi connectivity index (χ4n) is 0.990. The molecule has 1 N–H and O–H groups in total. The second-order valence-corrected chi connectivity index (χ2v) is 6.01. The summed E-state index contributed by atoms with van der Waals surface area (Å²) in [4.78, 5) is 15.7. The van der Waals surface area contributed by atoms with Gasteiger partial charge in [-0.2, -0.15) is 0 Å². The Balaban J connectivity index is 2.60. The number of halogens is 1. The molecule has 0 unspecified atom stereocenters. The van der Waals surface area contributed by atoms with Crippen molar-refractivity contribution in [2.24, 2.45) is 0 Å². The van der Waals surface area contributed by atoms with Crippen molar-refractivity contribution in [3.63, 3.8) is 0 Å². The quantitative estimate of drug-likeness (QED) is 0.913. The van der Waals surface area contributed by atoms with Crippen LogP contribution in [0.4, 0.5) is 0 Å². The molecule has 0 saturated carbocycles. The molecule has 88 valence electrons. The third kappa shape index (κ3) is 3.68. The molecule has 1 heterocycles. The van der Waals surface area contributed by atoms with Crippen molar-refractivity contribution in [3.8, 4) is 0 Å². The van der Waals surface area contributed by atoms with Crippen LogP contribution in [0.25, 0.3) is 0 Å². The number of pyridine rings is 1. The number of carbonyl (C=O) groups excluding carboxylic acids is 1. The van der Waals surface area contributed by atoms with E-state index in [1.54, 1.807) is 24.6 Å². The van der Waals surface area contributed by atoms with Gasteiger partial charge in [0.15, 0.2) is 0 Å². The molecule has 4 nitrogen and oxygen atoms in total. The van der Waals surface area contributed by atoms with Crippen LogP contribution in [0.3, 0.4) is 0 Å². The van der Waals surface area contributed by atoms with Gasteiger partial charge in [0, 0.05) is 39.5 Å². The molecule has 0 radical (unpaired) electrons. The molecular formula is C10H13BrN2O2S. The summed E-state index contributed by atoms with van der Waals surface area (Å²) < 4.78 is 11.7. The maximum Gasteiger partial charge on any atom is 0.271 e. The van der Waals surface area contributed by atoms with Gasteiger partial charge in [0.25, 0.3) is 5.91 Å². The molecule has 1 aromatic rings. The Morgan fingerprint density at radius 1 is 1.69 bits per heavy atom. The molecule has 1 rings (SSSR count). The second-order valence-electron chi connectivity index (χ2n) is 3.35. The first kappa shape index (κ1) is 13.3. The van der Waals surface area contributed by atoms with Gasteiger partial charge in [0.2, 0.25) is 0 Å². The number of amides is 1. The second kappa shape index (κ2) is 6.10. The van der Waals surface area contributed by atoms with Gasteiger partial charge in [0.05, 0.1) is 0 Å². The maximum atomic E-state index is 11.7. The third-order valence-electron chi connectivity index (χ3n) is 2.09. The number of nitrogens with one attached hydrogen (secondary N) is 1. The van der Waals surface area contributed by atoms with Crippen LogP contribution in [0.1, 0.15) is 17.4 Å². The minimum atomic E-state index is -0.935. The van der Waals surface area contributed by atoms with Gasteiger partial charge in [-0.15, -0.1) is 0 Å². The fraction of sp³-hybridized carbons (Fsp3) is 0.400. The van der Waals surface area contributed by atoms with Gasteiger partial charge in [0.1, 0.15) is 5.69 Å². The standard InChI is InChI=1S/C10H13BrN2O2S/c1-7(16(2)15)6-13-10(14)9-8(11)4-3-5-12-9/h3-5,7H,6H2,1-2H3,(H,13,14)/t7-,16+/m0/s1. The summed E-state index contributed by atoms with van der Waals surface area (Å²) in [6, 6.07) is 3.49. The van der Waals surface area contributed by atoms with Gasteiger partial charge < -0.3 is 5.32 Å². The molecular weight excluding hydrogens is 292 g/mol. The summed E-state index contributed by atoms with van der Waals surface area (Å²) >= 11 is 3.25. The molecule has 1 amide bonds. The minimum Gasteiger partial charge on any atom is -0.349 e. The van der Waals surface area contributed by atoms with E-state index >= 15 is 0 Å². The van der Waals surface area contributed by atoms with Crippen molar-refractivity contribution in [2.45, 2.75) is 12.2 Å². The summed E-state index contributed by atoms with van der Waals surface area (Å²) in [5.74, 6) is -0.259. The molecule has 0 aliphatic heterocycles. The Hall–Kier alpha value is -0.750. The van der Waals surface area contributed by atoms with E-state index in [0.29, 0.717) is 16.7 Å². The number of nitrogens with zero attached hydrogens (tertiary/aromatic N) is 1. The number of carbonyl (C=O) groups is 1. The van der Waals surface area contributed by atoms with Gasteiger partial charge in [-0.1, -0.05) is 0 Å². The van der Waals surface area contributed by atoms with Crippen molar-refractivity contribution in [2.75, 3.05) is 12.8 Å². The highest BCUT2D eigenvalue weighted by Crippen LogP contribution is 2.12. The Labute approximate surface area is 105 Å². The summed E-state index contributed by atoms with van der Waals surface area (Å²) in [7, 11) is -0.935. The topological polar surface area (TPSA) is 59.1 Å². The van der Waals surface area contributed by atoms with Crippen molar-refractivity contribution < 1.29 is 9.00 Å². The van der Waals surface area contributed by atoms with Gasteiger partial charge >= 0.3 is 0 Å². The Bertz CT molecular complexity index is 412. The lowest BCUT2D eigenvalue weighted by Crippen LogP contribution is -2.33. The molecule has 0 aromatic carbocycles. The van der Waals surface area contributed by atoms with Crippen LogP contribution in [0.5, 0.6) is 0 Å². The van der Waals surface area contributed by atoms with E-state index in [0.717, 1.165) is 0 Å². The van der Waals surface area contributed by atoms with Crippen LogP contribution >= 0.6 is 15.9 Å². The monoisotopic (exact) mass is 304 g/mol. The first-order chi connectivity index (χ1) is 7.52. The lowest BCUT2D eigenvalue weighted by atomic mass is 10.3. The van der Waals surface area contributed by atoms with Crippen LogP contribution in [-0.4, -0.2) is 33.2 Å². The molecule has 16 heavy (non-hydrogen) atoms. The smallest absolute Gasteiger partial charge is 0.271 e. The molecule has 1 aromatic heterocycles. The first-order valence-corrected chi connectivity index (χ1v) is 7.14. The summed E-state index contributed by atoms with van der Waals surface area (Å²) in [5.41, 5.74) is 0.344. The molecule has 0 fully saturated rings. The highest BCUT2D eigenvalue weighted by Gasteiger charge is 2.13. The van der Waals surface area contributed by atoms with E-state index in [2.05, 4.69) is 26.2 Å². The normalized spacial score (nSPS) is 14.2. The minimum absolute atomic E-state index is 0.0635. The van der Waals surface area contributed by atoms with Crippen LogP contribution in [-0.2, 0) is 10.8 Å². The van der Waals surface area contributed by atoms with Crippen LogP contribution in [0, 0.1) is 0 Å². The summed E-state index contributed by atoms with van der Waals surface area (Å²) in [6.07, 6.45) is 3.18. The van der Waals surface area contributed by atoms with Crippen molar-refractivity contribution in [3.05, 3.63) is 28.5 Å². The highest BCUT2D eigenvalue weighted by molar-refractivity contribution is 9.10. The van der Waals surface area contributed by atoms with Crippen LogP contribution in [0.2, 0.25) is 0 Å². The largest absolute Gasteiger partial charge is 0.349 e. The number of aromatic nitrogens is 1. The van der Waals surface area contributed by atoms with E-state index in [4.69, 9.17) is 0 Å². The molecule has 0 saturated heterocycles. The average Bonchev–Trinajstić information content (AvgIpc) is 2.25. The molecule has 0 aliphatic rings. The molecule has 0 aliphatic carbocycles. The lowest BCUT2D eigenvalue weighted by molar-refractivity contribution is 0.0948. The number of hydrogen-bond donors (Lipinski definition) is 1. The zero-order valence-electron chi connectivity index (χ0n) is 9.07. The van der Waals surface area contributed by atoms with Crippen molar-refractivity contribution >= 4 is 32.6 Å². The van der Waals surface area contributed by atoms with Crippen LogP contribution in [0.15, 0.2) is 22.8 Å². The summed E-state index contributed by atoms with van der Waals surface area (Å²) in [6.45, 7) is 2.20. The molecule has 2 atom stereocenters.